The van der Waals surface area contributed by atoms with Gasteiger partial charge in [0.15, 0.2) is 23.1 Å². The Bertz CT molecular complexity index is 1200. The normalized spacial score (nSPS) is 11.0. The lowest BCUT2D eigenvalue weighted by Gasteiger charge is -2.12. The van der Waals surface area contributed by atoms with Gasteiger partial charge in [-0.25, -0.2) is 8.78 Å². The first kappa shape index (κ1) is 22.8. The van der Waals surface area contributed by atoms with Crippen molar-refractivity contribution >= 4 is 28.5 Å². The van der Waals surface area contributed by atoms with Crippen LogP contribution in [-0.2, 0) is 17.8 Å². The van der Waals surface area contributed by atoms with Gasteiger partial charge in [-0.15, -0.1) is 10.2 Å². The fourth-order valence-corrected chi connectivity index (χ4v) is 3.31. The highest BCUT2D eigenvalue weighted by Gasteiger charge is 2.14. The van der Waals surface area contributed by atoms with Gasteiger partial charge >= 0.3 is 0 Å². The van der Waals surface area contributed by atoms with Crippen molar-refractivity contribution in [1.29, 1.82) is 5.26 Å². The van der Waals surface area contributed by atoms with E-state index in [0.29, 0.717) is 22.9 Å². The number of hydrogen-bond donors (Lipinski definition) is 1. The molecular formula is C22H18F2N4O3S. The Kier molecular flexibility index (Phi) is 7.46. The lowest BCUT2D eigenvalue weighted by molar-refractivity contribution is -0.112. The fourth-order valence-electron chi connectivity index (χ4n) is 2.64. The summed E-state index contributed by atoms with van der Waals surface area (Å²) in [5.74, 6) is -1.97. The van der Waals surface area contributed by atoms with Gasteiger partial charge in [0.2, 0.25) is 5.13 Å². The number of amides is 1. The van der Waals surface area contributed by atoms with E-state index < -0.39 is 17.5 Å². The lowest BCUT2D eigenvalue weighted by Crippen LogP contribution is -2.13. The number of ether oxygens (including phenoxy) is 2. The van der Waals surface area contributed by atoms with E-state index in [0.717, 1.165) is 11.1 Å². The van der Waals surface area contributed by atoms with E-state index >= 15 is 0 Å². The highest BCUT2D eigenvalue weighted by atomic mass is 32.1. The molecule has 0 radical (unpaired) electrons. The van der Waals surface area contributed by atoms with Gasteiger partial charge in [-0.05, 0) is 36.3 Å². The molecule has 1 heterocycles. The summed E-state index contributed by atoms with van der Waals surface area (Å²) >= 11 is 1.23. The van der Waals surface area contributed by atoms with Crippen LogP contribution in [0.1, 0.15) is 23.1 Å². The van der Waals surface area contributed by atoms with Crippen molar-refractivity contribution in [3.05, 3.63) is 69.7 Å². The van der Waals surface area contributed by atoms with Crippen LogP contribution in [0, 0.1) is 23.0 Å². The minimum absolute atomic E-state index is 0.0578. The lowest BCUT2D eigenvalue weighted by atomic mass is 10.1. The van der Waals surface area contributed by atoms with E-state index in [1.165, 1.54) is 36.7 Å². The first-order valence-electron chi connectivity index (χ1n) is 9.44. The monoisotopic (exact) mass is 456 g/mol. The van der Waals surface area contributed by atoms with E-state index in [2.05, 4.69) is 15.5 Å². The van der Waals surface area contributed by atoms with Crippen molar-refractivity contribution in [2.75, 3.05) is 12.4 Å². The van der Waals surface area contributed by atoms with Crippen molar-refractivity contribution in [2.45, 2.75) is 20.0 Å². The van der Waals surface area contributed by atoms with Crippen molar-refractivity contribution in [2.24, 2.45) is 0 Å². The number of nitrogens with one attached hydrogen (secondary N) is 1. The number of benzene rings is 2. The van der Waals surface area contributed by atoms with Crippen molar-refractivity contribution in [3.63, 3.8) is 0 Å². The third-order valence-electron chi connectivity index (χ3n) is 4.27. The fraction of sp³-hybridized carbons (Fsp3) is 0.182. The summed E-state index contributed by atoms with van der Waals surface area (Å²) in [5, 5.41) is 20.8. The maximum Gasteiger partial charge on any atom is 0.268 e. The number of nitrogens with zero attached hydrogens (tertiary/aromatic N) is 3. The predicted molar refractivity (Wildman–Crippen MR) is 115 cm³/mol. The van der Waals surface area contributed by atoms with E-state index in [1.54, 1.807) is 18.2 Å². The highest BCUT2D eigenvalue weighted by molar-refractivity contribution is 7.15. The Morgan fingerprint density at radius 2 is 2.06 bits per heavy atom. The Hall–Kier alpha value is -3.84. The van der Waals surface area contributed by atoms with Gasteiger partial charge in [0.25, 0.3) is 5.91 Å². The van der Waals surface area contributed by atoms with Crippen LogP contribution in [-0.4, -0.2) is 23.2 Å². The van der Waals surface area contributed by atoms with Crippen molar-refractivity contribution < 1.29 is 23.0 Å². The van der Waals surface area contributed by atoms with Crippen LogP contribution in [0.5, 0.6) is 11.5 Å². The van der Waals surface area contributed by atoms with Crippen LogP contribution in [0.15, 0.2) is 42.0 Å². The van der Waals surface area contributed by atoms with E-state index in [1.807, 2.05) is 13.0 Å². The first-order valence-corrected chi connectivity index (χ1v) is 10.3. The van der Waals surface area contributed by atoms with Crippen LogP contribution in [0.25, 0.3) is 6.08 Å². The highest BCUT2D eigenvalue weighted by Crippen LogP contribution is 2.30. The molecule has 32 heavy (non-hydrogen) atoms. The molecule has 1 N–H and O–H groups in total. The molecule has 0 aliphatic carbocycles. The molecule has 0 spiro atoms. The summed E-state index contributed by atoms with van der Waals surface area (Å²) in [4.78, 5) is 12.4. The van der Waals surface area contributed by atoms with Crippen LogP contribution < -0.4 is 14.8 Å². The molecule has 164 valence electrons. The maximum atomic E-state index is 13.8. The number of aryl methyl sites for hydroxylation is 1. The molecule has 0 unspecified atom stereocenters. The van der Waals surface area contributed by atoms with Gasteiger partial charge in [0, 0.05) is 5.56 Å². The van der Waals surface area contributed by atoms with Crippen LogP contribution in [0.2, 0.25) is 0 Å². The molecule has 10 heteroatoms. The zero-order valence-corrected chi connectivity index (χ0v) is 18.0. The molecule has 2 aromatic carbocycles. The quantitative estimate of drug-likeness (QED) is 0.396. The zero-order chi connectivity index (χ0) is 23.1. The average molecular weight is 456 g/mol. The number of halogens is 2. The molecule has 0 bridgehead atoms. The summed E-state index contributed by atoms with van der Waals surface area (Å²) in [6.45, 7) is 1.71. The smallest absolute Gasteiger partial charge is 0.268 e. The van der Waals surface area contributed by atoms with E-state index in [4.69, 9.17) is 9.47 Å². The summed E-state index contributed by atoms with van der Waals surface area (Å²) in [5.41, 5.74) is 0.419. The predicted octanol–water partition coefficient (Wildman–Crippen LogP) is 4.51. The molecule has 0 aliphatic heterocycles. The molecule has 3 rings (SSSR count). The number of carbonyl (C=O) groups excluding carboxylic acids is 1. The van der Waals surface area contributed by atoms with Gasteiger partial charge in [-0.3, -0.25) is 10.1 Å². The van der Waals surface area contributed by atoms with Crippen molar-refractivity contribution in [3.8, 4) is 17.6 Å². The number of carbonyl (C=O) groups is 1. The summed E-state index contributed by atoms with van der Waals surface area (Å²) in [6, 6.07) is 10.4. The minimum Gasteiger partial charge on any atom is -0.493 e. The number of aromatic nitrogens is 2. The van der Waals surface area contributed by atoms with Gasteiger partial charge < -0.3 is 9.47 Å². The van der Waals surface area contributed by atoms with Crippen molar-refractivity contribution in [1.82, 2.24) is 10.2 Å². The number of anilines is 1. The first-order chi connectivity index (χ1) is 15.4. The number of rotatable bonds is 8. The van der Waals surface area contributed by atoms with Crippen LogP contribution >= 0.6 is 11.3 Å². The van der Waals surface area contributed by atoms with E-state index in [9.17, 15) is 18.8 Å². The molecule has 0 saturated carbocycles. The minimum atomic E-state index is -0.975. The van der Waals surface area contributed by atoms with Crippen LogP contribution in [0.4, 0.5) is 13.9 Å². The second kappa shape index (κ2) is 10.5. The van der Waals surface area contributed by atoms with Gasteiger partial charge in [0.1, 0.15) is 23.3 Å². The second-order valence-electron chi connectivity index (χ2n) is 6.39. The topological polar surface area (TPSA) is 97.1 Å². The SMILES string of the molecule is CCc1nnc(NC(=O)C(C#N)=Cc2ccc(OCc3cccc(F)c3F)c(OC)c2)s1. The van der Waals surface area contributed by atoms with Gasteiger partial charge in [-0.2, -0.15) is 5.26 Å². The summed E-state index contributed by atoms with van der Waals surface area (Å²) in [7, 11) is 1.41. The molecule has 1 amide bonds. The summed E-state index contributed by atoms with van der Waals surface area (Å²) < 4.78 is 38.0. The molecule has 3 aromatic rings. The Morgan fingerprint density at radius 1 is 1.25 bits per heavy atom. The second-order valence-corrected chi connectivity index (χ2v) is 7.45. The average Bonchev–Trinajstić information content (AvgIpc) is 3.26. The molecular weight excluding hydrogens is 438 g/mol. The molecule has 1 aromatic heterocycles. The number of methoxy groups -OCH3 is 1. The molecule has 0 saturated heterocycles. The third-order valence-corrected chi connectivity index (χ3v) is 5.25. The third kappa shape index (κ3) is 5.44. The van der Waals surface area contributed by atoms with Crippen LogP contribution in [0.3, 0.4) is 0 Å². The Balaban J connectivity index is 1.75. The standard InChI is InChI=1S/C22H18F2N4O3S/c1-3-19-27-28-22(32-19)26-21(29)15(11-25)9-13-7-8-17(18(10-13)30-2)31-12-14-5-4-6-16(23)20(14)24/h4-10H,3,12H2,1-2H3,(H,26,28,29). The Morgan fingerprint density at radius 3 is 2.75 bits per heavy atom. The number of hydrogen-bond acceptors (Lipinski definition) is 7. The molecule has 0 atom stereocenters. The summed E-state index contributed by atoms with van der Waals surface area (Å²) in [6.07, 6.45) is 2.07. The number of nitriles is 1. The molecule has 0 fully saturated rings. The van der Waals surface area contributed by atoms with Gasteiger partial charge in [0.05, 0.1) is 7.11 Å². The molecule has 0 aliphatic rings. The van der Waals surface area contributed by atoms with Gasteiger partial charge in [-0.1, -0.05) is 36.5 Å². The Labute approximate surface area is 186 Å². The maximum absolute atomic E-state index is 13.8. The zero-order valence-electron chi connectivity index (χ0n) is 17.2. The largest absolute Gasteiger partial charge is 0.493 e. The van der Waals surface area contributed by atoms with E-state index in [-0.39, 0.29) is 23.5 Å². The molecule has 7 nitrogen and oxygen atoms in total.